The Bertz CT molecular complexity index is 1150. The first-order chi connectivity index (χ1) is 14.2. The lowest BCUT2D eigenvalue weighted by Crippen LogP contribution is -2.43. The number of likely N-dealkylation sites (N-methyl/N-ethyl adjacent to an activating group) is 1. The number of hydrogen-bond donors (Lipinski definition) is 1. The highest BCUT2D eigenvalue weighted by atomic mass is 32.2. The van der Waals surface area contributed by atoms with E-state index in [1.54, 1.807) is 17.9 Å². The smallest absolute Gasteiger partial charge is 0.262 e. The molecule has 0 saturated carbocycles. The zero-order valence-corrected chi connectivity index (χ0v) is 17.8. The Balaban J connectivity index is 1.58. The second kappa shape index (κ2) is 7.41. The van der Waals surface area contributed by atoms with Gasteiger partial charge in [0.1, 0.15) is 5.75 Å². The molecule has 2 amide bonds. The van der Waals surface area contributed by atoms with Crippen LogP contribution in [0.1, 0.15) is 18.1 Å². The highest BCUT2D eigenvalue weighted by Crippen LogP contribution is 2.35. The van der Waals surface area contributed by atoms with Gasteiger partial charge in [0.25, 0.3) is 5.91 Å². The van der Waals surface area contributed by atoms with Crippen molar-refractivity contribution in [3.8, 4) is 5.75 Å². The van der Waals surface area contributed by atoms with Crippen LogP contribution < -0.4 is 15.0 Å². The molecule has 2 aromatic rings. The highest BCUT2D eigenvalue weighted by molar-refractivity contribution is 7.89. The molecule has 158 valence electrons. The molecule has 0 bridgehead atoms. The van der Waals surface area contributed by atoms with Crippen molar-refractivity contribution >= 4 is 33.2 Å². The normalized spacial score (nSPS) is 17.9. The van der Waals surface area contributed by atoms with Gasteiger partial charge in [-0.3, -0.25) is 9.59 Å². The molecule has 2 aliphatic heterocycles. The maximum absolute atomic E-state index is 13.2. The predicted octanol–water partition coefficient (Wildman–Crippen LogP) is 1.92. The number of nitrogens with one attached hydrogen (secondary N) is 1. The molecule has 4 rings (SSSR count). The molecule has 30 heavy (non-hydrogen) atoms. The summed E-state index contributed by atoms with van der Waals surface area (Å²) in [6.45, 7) is 3.14. The molecule has 2 heterocycles. The van der Waals surface area contributed by atoms with Gasteiger partial charge in [-0.2, -0.15) is 4.31 Å². The number of rotatable bonds is 4. The largest absolute Gasteiger partial charge is 0.482 e. The number of ether oxygens (including phenoxy) is 1. The number of sulfonamides is 1. The van der Waals surface area contributed by atoms with Gasteiger partial charge in [0.2, 0.25) is 15.9 Å². The van der Waals surface area contributed by atoms with Crippen molar-refractivity contribution in [2.45, 2.75) is 31.2 Å². The van der Waals surface area contributed by atoms with Crippen LogP contribution >= 0.6 is 0 Å². The summed E-state index contributed by atoms with van der Waals surface area (Å²) < 4.78 is 32.8. The third kappa shape index (κ3) is 3.44. The molecule has 0 aliphatic carbocycles. The Morgan fingerprint density at radius 1 is 1.30 bits per heavy atom. The van der Waals surface area contributed by atoms with E-state index >= 15 is 0 Å². The van der Waals surface area contributed by atoms with Crippen LogP contribution in [0.4, 0.5) is 11.4 Å². The van der Waals surface area contributed by atoms with E-state index < -0.39 is 10.0 Å². The molecule has 1 atom stereocenters. The zero-order chi connectivity index (χ0) is 21.6. The number of hydrogen-bond acceptors (Lipinski definition) is 5. The summed E-state index contributed by atoms with van der Waals surface area (Å²) in [6, 6.07) is 10.6. The number of anilines is 2. The average Bonchev–Trinajstić information content (AvgIpc) is 3.02. The van der Waals surface area contributed by atoms with Crippen molar-refractivity contribution in [2.75, 3.05) is 30.4 Å². The number of nitrogens with zero attached hydrogens (tertiary/aromatic N) is 2. The van der Waals surface area contributed by atoms with Crippen LogP contribution in [0.25, 0.3) is 0 Å². The Morgan fingerprint density at radius 2 is 2.03 bits per heavy atom. The van der Waals surface area contributed by atoms with Gasteiger partial charge in [-0.25, -0.2) is 8.42 Å². The Labute approximate surface area is 175 Å². The first-order valence-electron chi connectivity index (χ1n) is 9.62. The van der Waals surface area contributed by atoms with E-state index in [9.17, 15) is 18.0 Å². The van der Waals surface area contributed by atoms with Crippen molar-refractivity contribution < 1.29 is 22.7 Å². The van der Waals surface area contributed by atoms with Crippen molar-refractivity contribution in [2.24, 2.45) is 0 Å². The SMILES string of the molecule is Cc1cc2c(cc1S(=O)(=O)N(C)CC(=O)N1c3ccccc3C[C@@H]1C)OCC(=O)N2. The van der Waals surface area contributed by atoms with E-state index in [4.69, 9.17) is 4.74 Å². The fraction of sp³-hybridized carbons (Fsp3) is 0.333. The summed E-state index contributed by atoms with van der Waals surface area (Å²) in [4.78, 5) is 26.2. The van der Waals surface area contributed by atoms with E-state index in [0.29, 0.717) is 17.0 Å². The second-order valence-corrected chi connectivity index (χ2v) is 9.67. The first-order valence-corrected chi connectivity index (χ1v) is 11.1. The number of aryl methyl sites for hydroxylation is 1. The Hall–Kier alpha value is -2.91. The van der Waals surface area contributed by atoms with E-state index in [1.165, 1.54) is 13.1 Å². The van der Waals surface area contributed by atoms with E-state index in [2.05, 4.69) is 5.32 Å². The van der Waals surface area contributed by atoms with Crippen LogP contribution in [0, 0.1) is 6.92 Å². The minimum Gasteiger partial charge on any atom is -0.482 e. The summed E-state index contributed by atoms with van der Waals surface area (Å²) >= 11 is 0. The lowest BCUT2D eigenvalue weighted by Gasteiger charge is -2.26. The Kier molecular flexibility index (Phi) is 5.03. The van der Waals surface area contributed by atoms with Gasteiger partial charge in [0.15, 0.2) is 6.61 Å². The number of carbonyl (C=O) groups is 2. The summed E-state index contributed by atoms with van der Waals surface area (Å²) in [5.74, 6) is -0.279. The zero-order valence-electron chi connectivity index (χ0n) is 17.0. The monoisotopic (exact) mass is 429 g/mol. The first kappa shape index (κ1) is 20.4. The number of benzene rings is 2. The molecule has 0 aromatic heterocycles. The standard InChI is InChI=1S/C21H23N3O5S/c1-13-8-16-18(29-12-20(25)22-16)10-19(13)30(27,28)23(3)11-21(26)24-14(2)9-15-6-4-5-7-17(15)24/h4-8,10,14H,9,11-12H2,1-3H3,(H,22,25)/t14-/m0/s1. The molecule has 9 heteroatoms. The molecule has 0 unspecified atom stereocenters. The summed E-state index contributed by atoms with van der Waals surface area (Å²) in [6.07, 6.45) is 0.741. The molecule has 0 spiro atoms. The van der Waals surface area contributed by atoms with E-state index in [0.717, 1.165) is 22.0 Å². The topological polar surface area (TPSA) is 96.0 Å². The quantitative estimate of drug-likeness (QED) is 0.801. The van der Waals surface area contributed by atoms with E-state index in [1.807, 2.05) is 31.2 Å². The molecule has 0 fully saturated rings. The fourth-order valence-electron chi connectivity index (χ4n) is 3.96. The molecule has 0 radical (unpaired) electrons. The van der Waals surface area contributed by atoms with Gasteiger partial charge in [-0.1, -0.05) is 18.2 Å². The van der Waals surface area contributed by atoms with Gasteiger partial charge in [-0.05, 0) is 43.5 Å². The van der Waals surface area contributed by atoms with Gasteiger partial charge < -0.3 is 15.0 Å². The van der Waals surface area contributed by atoms with Gasteiger partial charge in [0, 0.05) is 24.8 Å². The third-order valence-corrected chi connectivity index (χ3v) is 7.38. The third-order valence-electron chi connectivity index (χ3n) is 5.43. The van der Waals surface area contributed by atoms with Gasteiger partial charge >= 0.3 is 0 Å². The van der Waals surface area contributed by atoms with Crippen LogP contribution in [0.2, 0.25) is 0 Å². The van der Waals surface area contributed by atoms with Crippen LogP contribution in [0.15, 0.2) is 41.3 Å². The molecule has 2 aliphatic rings. The molecule has 1 N–H and O–H groups in total. The fourth-order valence-corrected chi connectivity index (χ4v) is 5.30. The lowest BCUT2D eigenvalue weighted by atomic mass is 10.1. The number of para-hydroxylation sites is 1. The van der Waals surface area contributed by atoms with Crippen LogP contribution in [0.3, 0.4) is 0 Å². The molecule has 8 nitrogen and oxygen atoms in total. The maximum atomic E-state index is 13.2. The van der Waals surface area contributed by atoms with Crippen LogP contribution in [-0.2, 0) is 26.0 Å². The number of amides is 2. The summed E-state index contributed by atoms with van der Waals surface area (Å²) in [5, 5.41) is 2.66. The molecular formula is C21H23N3O5S. The molecule has 0 saturated heterocycles. The van der Waals surface area contributed by atoms with E-state index in [-0.39, 0.29) is 35.9 Å². The molecular weight excluding hydrogens is 406 g/mol. The second-order valence-electron chi connectivity index (χ2n) is 7.66. The van der Waals surface area contributed by atoms with Crippen molar-refractivity contribution in [3.05, 3.63) is 47.5 Å². The number of carbonyl (C=O) groups excluding carboxylic acids is 2. The average molecular weight is 429 g/mol. The minimum absolute atomic E-state index is 0.0338. The lowest BCUT2D eigenvalue weighted by molar-refractivity contribution is -0.119. The highest BCUT2D eigenvalue weighted by Gasteiger charge is 2.34. The van der Waals surface area contributed by atoms with Crippen molar-refractivity contribution in [1.82, 2.24) is 4.31 Å². The summed E-state index contributed by atoms with van der Waals surface area (Å²) in [7, 11) is -2.55. The van der Waals surface area contributed by atoms with Crippen LogP contribution in [0.5, 0.6) is 5.75 Å². The van der Waals surface area contributed by atoms with Gasteiger partial charge in [0.05, 0.1) is 17.1 Å². The predicted molar refractivity (Wildman–Crippen MR) is 112 cm³/mol. The van der Waals surface area contributed by atoms with Crippen molar-refractivity contribution in [1.29, 1.82) is 0 Å². The van der Waals surface area contributed by atoms with Gasteiger partial charge in [-0.15, -0.1) is 0 Å². The molecule has 2 aromatic carbocycles. The van der Waals surface area contributed by atoms with Crippen molar-refractivity contribution in [3.63, 3.8) is 0 Å². The van der Waals surface area contributed by atoms with Crippen LogP contribution in [-0.4, -0.2) is 50.8 Å². The Morgan fingerprint density at radius 3 is 2.80 bits per heavy atom. The number of fused-ring (bicyclic) bond motifs is 2. The minimum atomic E-state index is -3.94. The maximum Gasteiger partial charge on any atom is 0.262 e. The summed E-state index contributed by atoms with van der Waals surface area (Å²) in [5.41, 5.74) is 2.80.